The van der Waals surface area contributed by atoms with Crippen molar-refractivity contribution in [3.63, 3.8) is 0 Å². The van der Waals surface area contributed by atoms with Crippen LogP contribution in [0.15, 0.2) is 12.1 Å². The summed E-state index contributed by atoms with van der Waals surface area (Å²) in [5, 5.41) is 0. The van der Waals surface area contributed by atoms with Crippen LogP contribution in [0.4, 0.5) is 13.2 Å². The van der Waals surface area contributed by atoms with Crippen molar-refractivity contribution < 1.29 is 18.0 Å². The molecule has 0 aromatic heterocycles. The average molecular weight is 297 g/mol. The van der Waals surface area contributed by atoms with Crippen molar-refractivity contribution in [2.45, 2.75) is 44.1 Å². The normalized spacial score (nSPS) is 21.9. The van der Waals surface area contributed by atoms with Crippen LogP contribution in [-0.4, -0.2) is 29.3 Å². The van der Waals surface area contributed by atoms with Gasteiger partial charge in [-0.1, -0.05) is 12.8 Å². The fourth-order valence-electron chi connectivity index (χ4n) is 3.74. The van der Waals surface area contributed by atoms with Crippen LogP contribution in [-0.2, 0) is 0 Å². The molecule has 21 heavy (non-hydrogen) atoms. The highest BCUT2D eigenvalue weighted by atomic mass is 19.2. The summed E-state index contributed by atoms with van der Waals surface area (Å²) in [4.78, 5) is 15.0. The van der Waals surface area contributed by atoms with Crippen LogP contribution in [0.3, 0.4) is 0 Å². The quantitative estimate of drug-likeness (QED) is 0.626. The number of nitrogens with zero attached hydrogens (tertiary/aromatic N) is 1. The minimum atomic E-state index is -1.56. The number of halogens is 3. The van der Waals surface area contributed by atoms with Gasteiger partial charge < -0.3 is 0 Å². The Morgan fingerprint density at radius 1 is 0.952 bits per heavy atom. The molecule has 0 spiro atoms. The third-order valence-electron chi connectivity index (χ3n) is 4.84. The summed E-state index contributed by atoms with van der Waals surface area (Å²) >= 11 is 0. The van der Waals surface area contributed by atoms with Crippen LogP contribution in [0.1, 0.15) is 48.9 Å². The summed E-state index contributed by atoms with van der Waals surface area (Å²) < 4.78 is 40.5. The van der Waals surface area contributed by atoms with Gasteiger partial charge in [-0.25, -0.2) is 13.2 Å². The topological polar surface area (TPSA) is 20.3 Å². The van der Waals surface area contributed by atoms with Gasteiger partial charge >= 0.3 is 0 Å². The number of hydrogen-bond acceptors (Lipinski definition) is 2. The predicted octanol–water partition coefficient (Wildman–Crippen LogP) is 3.70. The summed E-state index contributed by atoms with van der Waals surface area (Å²) in [5.41, 5.74) is -1.04. The SMILES string of the molecule is O=C(c1ccc(F)c(F)c1F)C1(N2CCCC2)CCCC1. The maximum Gasteiger partial charge on any atom is 0.195 e. The Hall–Kier alpha value is -1.36. The number of carbonyl (C=O) groups is 1. The molecule has 1 heterocycles. The van der Waals surface area contributed by atoms with Crippen molar-refractivity contribution >= 4 is 5.78 Å². The van der Waals surface area contributed by atoms with E-state index in [0.717, 1.165) is 50.9 Å². The van der Waals surface area contributed by atoms with E-state index >= 15 is 0 Å². The van der Waals surface area contributed by atoms with E-state index in [4.69, 9.17) is 0 Å². The summed E-state index contributed by atoms with van der Waals surface area (Å²) in [6.45, 7) is 1.63. The maximum absolute atomic E-state index is 14.0. The molecule has 2 fully saturated rings. The highest BCUT2D eigenvalue weighted by Gasteiger charge is 2.47. The second-order valence-corrected chi connectivity index (χ2v) is 5.98. The van der Waals surface area contributed by atoms with Crippen molar-refractivity contribution in [2.75, 3.05) is 13.1 Å². The number of likely N-dealkylation sites (tertiary alicyclic amines) is 1. The Morgan fingerprint density at radius 2 is 1.57 bits per heavy atom. The van der Waals surface area contributed by atoms with Crippen molar-refractivity contribution in [1.29, 1.82) is 0 Å². The molecule has 1 aromatic carbocycles. The van der Waals surface area contributed by atoms with Gasteiger partial charge in [-0.2, -0.15) is 0 Å². The average Bonchev–Trinajstić information content (AvgIpc) is 3.15. The minimum Gasteiger partial charge on any atom is -0.292 e. The van der Waals surface area contributed by atoms with Gasteiger partial charge in [0.1, 0.15) is 0 Å². The van der Waals surface area contributed by atoms with Crippen molar-refractivity contribution in [3.05, 3.63) is 35.1 Å². The van der Waals surface area contributed by atoms with Gasteiger partial charge in [0.2, 0.25) is 0 Å². The molecule has 3 rings (SSSR count). The number of benzene rings is 1. The molecule has 0 amide bonds. The molecule has 2 nitrogen and oxygen atoms in total. The molecule has 0 radical (unpaired) electrons. The first kappa shape index (κ1) is 14.6. The second-order valence-electron chi connectivity index (χ2n) is 5.98. The zero-order chi connectivity index (χ0) is 15.0. The Morgan fingerprint density at radius 3 is 2.19 bits per heavy atom. The standard InChI is InChI=1S/C16H18F3NO/c17-12-6-5-11(13(18)14(12)19)15(21)16(7-1-2-8-16)20-9-3-4-10-20/h5-6H,1-4,7-10H2. The Bertz CT molecular complexity index is 561. The smallest absolute Gasteiger partial charge is 0.195 e. The van der Waals surface area contributed by atoms with E-state index < -0.39 is 28.8 Å². The fraction of sp³-hybridized carbons (Fsp3) is 0.562. The van der Waals surface area contributed by atoms with E-state index in [1.54, 1.807) is 0 Å². The highest BCUT2D eigenvalue weighted by molar-refractivity contribution is 6.03. The molecular formula is C16H18F3NO. The lowest BCUT2D eigenvalue weighted by atomic mass is 9.85. The monoisotopic (exact) mass is 297 g/mol. The van der Waals surface area contributed by atoms with Gasteiger partial charge in [0.05, 0.1) is 11.1 Å². The largest absolute Gasteiger partial charge is 0.292 e. The van der Waals surface area contributed by atoms with Crippen LogP contribution in [0.25, 0.3) is 0 Å². The maximum atomic E-state index is 14.0. The molecule has 2 aliphatic rings. The van der Waals surface area contributed by atoms with Crippen molar-refractivity contribution in [1.82, 2.24) is 4.90 Å². The lowest BCUT2D eigenvalue weighted by Crippen LogP contribution is -2.51. The molecular weight excluding hydrogens is 279 g/mol. The van der Waals surface area contributed by atoms with Crippen LogP contribution >= 0.6 is 0 Å². The molecule has 0 atom stereocenters. The van der Waals surface area contributed by atoms with Gasteiger partial charge in [0.15, 0.2) is 23.2 Å². The lowest BCUT2D eigenvalue weighted by Gasteiger charge is -2.37. The number of rotatable bonds is 3. The molecule has 0 unspecified atom stereocenters. The van der Waals surface area contributed by atoms with Crippen molar-refractivity contribution in [3.8, 4) is 0 Å². The van der Waals surface area contributed by atoms with Gasteiger partial charge in [-0.3, -0.25) is 9.69 Å². The van der Waals surface area contributed by atoms with E-state index in [1.807, 2.05) is 0 Å². The Balaban J connectivity index is 2.00. The minimum absolute atomic E-state index is 0.317. The van der Waals surface area contributed by atoms with Crippen molar-refractivity contribution in [2.24, 2.45) is 0 Å². The molecule has 0 N–H and O–H groups in total. The van der Waals surface area contributed by atoms with Gasteiger partial charge in [0.25, 0.3) is 0 Å². The highest BCUT2D eigenvalue weighted by Crippen LogP contribution is 2.40. The summed E-state index contributed by atoms with van der Waals surface area (Å²) in [6.07, 6.45) is 5.21. The van der Waals surface area contributed by atoms with E-state index in [-0.39, 0.29) is 5.56 Å². The molecule has 1 aromatic rings. The Labute approximate surface area is 121 Å². The molecule has 0 bridgehead atoms. The third kappa shape index (κ3) is 2.27. The van der Waals surface area contributed by atoms with E-state index in [9.17, 15) is 18.0 Å². The summed E-state index contributed by atoms with van der Waals surface area (Å²) in [5.74, 6) is -4.56. The summed E-state index contributed by atoms with van der Waals surface area (Å²) in [6, 6.07) is 1.91. The van der Waals surface area contributed by atoms with Gasteiger partial charge in [-0.15, -0.1) is 0 Å². The summed E-state index contributed by atoms with van der Waals surface area (Å²) in [7, 11) is 0. The number of ketones is 1. The molecule has 1 aliphatic carbocycles. The Kier molecular flexibility index (Phi) is 3.78. The van der Waals surface area contributed by atoms with E-state index in [2.05, 4.69) is 4.90 Å². The zero-order valence-corrected chi connectivity index (χ0v) is 11.8. The number of carbonyl (C=O) groups excluding carboxylic acids is 1. The van der Waals surface area contributed by atoms with E-state index in [0.29, 0.717) is 12.8 Å². The third-order valence-corrected chi connectivity index (χ3v) is 4.84. The lowest BCUT2D eigenvalue weighted by molar-refractivity contribution is 0.0620. The van der Waals surface area contributed by atoms with Crippen LogP contribution in [0.5, 0.6) is 0 Å². The van der Waals surface area contributed by atoms with Gasteiger partial charge in [0, 0.05) is 0 Å². The molecule has 5 heteroatoms. The first-order valence-electron chi connectivity index (χ1n) is 7.49. The van der Waals surface area contributed by atoms with E-state index in [1.165, 1.54) is 0 Å². The first-order chi connectivity index (χ1) is 10.1. The molecule has 1 saturated carbocycles. The molecule has 1 saturated heterocycles. The first-order valence-corrected chi connectivity index (χ1v) is 7.49. The van der Waals surface area contributed by atoms with Gasteiger partial charge in [-0.05, 0) is 50.9 Å². The van der Waals surface area contributed by atoms with Crippen LogP contribution in [0, 0.1) is 17.5 Å². The zero-order valence-electron chi connectivity index (χ0n) is 11.8. The molecule has 114 valence electrons. The second kappa shape index (κ2) is 5.44. The number of hydrogen-bond donors (Lipinski definition) is 0. The predicted molar refractivity (Wildman–Crippen MR) is 72.7 cm³/mol. The fourth-order valence-corrected chi connectivity index (χ4v) is 3.74. The molecule has 1 aliphatic heterocycles. The number of Topliss-reactive ketones (excluding diaryl/α,β-unsaturated/α-hetero) is 1. The van der Waals surface area contributed by atoms with Crippen LogP contribution in [0.2, 0.25) is 0 Å². The van der Waals surface area contributed by atoms with Crippen LogP contribution < -0.4 is 0 Å².